The smallest absolute Gasteiger partial charge is 0.256 e. The molecule has 3 rings (SSSR count). The van der Waals surface area contributed by atoms with Gasteiger partial charge in [-0.15, -0.1) is 0 Å². The average molecular weight is 332 g/mol. The molecular formula is C16H16N2O4S. The van der Waals surface area contributed by atoms with E-state index in [-0.39, 0.29) is 12.5 Å². The molecule has 0 aliphatic carbocycles. The summed E-state index contributed by atoms with van der Waals surface area (Å²) in [5.74, 6) is 0.466. The lowest BCUT2D eigenvalue weighted by atomic mass is 9.93. The number of furan rings is 1. The Morgan fingerprint density at radius 3 is 2.83 bits per heavy atom. The number of nitrogens with one attached hydrogen (secondary N) is 1. The van der Waals surface area contributed by atoms with E-state index in [0.717, 1.165) is 0 Å². The van der Waals surface area contributed by atoms with Crippen LogP contribution in [-0.2, 0) is 5.60 Å². The van der Waals surface area contributed by atoms with Crippen LogP contribution in [0.2, 0.25) is 0 Å². The zero-order valence-electron chi connectivity index (χ0n) is 12.7. The van der Waals surface area contributed by atoms with Crippen LogP contribution in [0.15, 0.2) is 44.2 Å². The third kappa shape index (κ3) is 2.80. The molecule has 0 fully saturated rings. The highest BCUT2D eigenvalue weighted by atomic mass is 32.1. The van der Waals surface area contributed by atoms with Gasteiger partial charge in [0.05, 0.1) is 18.5 Å². The molecule has 6 nitrogen and oxygen atoms in total. The fourth-order valence-corrected chi connectivity index (χ4v) is 3.17. The Morgan fingerprint density at radius 2 is 2.26 bits per heavy atom. The third-order valence-electron chi connectivity index (χ3n) is 3.69. The monoisotopic (exact) mass is 332 g/mol. The van der Waals surface area contributed by atoms with Gasteiger partial charge in [-0.3, -0.25) is 4.79 Å². The van der Waals surface area contributed by atoms with Crippen molar-refractivity contribution in [3.05, 3.63) is 63.6 Å². The van der Waals surface area contributed by atoms with Gasteiger partial charge in [-0.25, -0.2) is 0 Å². The Bertz CT molecular complexity index is 737. The maximum atomic E-state index is 12.4. The van der Waals surface area contributed by atoms with Crippen molar-refractivity contribution in [2.24, 2.45) is 0 Å². The number of aliphatic hydroxyl groups is 1. The Labute approximate surface area is 136 Å². The minimum Gasteiger partial charge on any atom is -0.466 e. The molecule has 0 bridgehead atoms. The van der Waals surface area contributed by atoms with Crippen molar-refractivity contribution >= 4 is 17.2 Å². The standard InChI is InChI=1S/C16H16N2O4S/c1-10-14(11(2)22-18-10)15(19)17-9-16(20,12-5-7-23-8-12)13-4-3-6-21-13/h3-8,20H,9H2,1-2H3,(H,17,19)/t16-/m1/s1. The van der Waals surface area contributed by atoms with E-state index in [9.17, 15) is 9.90 Å². The molecule has 0 spiro atoms. The van der Waals surface area contributed by atoms with Gasteiger partial charge in [-0.1, -0.05) is 5.16 Å². The fraction of sp³-hybridized carbons (Fsp3) is 0.250. The topological polar surface area (TPSA) is 88.5 Å². The van der Waals surface area contributed by atoms with Crippen LogP contribution in [0.5, 0.6) is 0 Å². The van der Waals surface area contributed by atoms with Crippen LogP contribution in [0.25, 0.3) is 0 Å². The summed E-state index contributed by atoms with van der Waals surface area (Å²) in [6.45, 7) is 3.34. The molecule has 0 saturated carbocycles. The lowest BCUT2D eigenvalue weighted by molar-refractivity contribution is 0.0528. The molecule has 120 valence electrons. The van der Waals surface area contributed by atoms with Crippen molar-refractivity contribution in [2.45, 2.75) is 19.4 Å². The number of aryl methyl sites for hydroxylation is 2. The minimum absolute atomic E-state index is 0.0276. The summed E-state index contributed by atoms with van der Waals surface area (Å²) < 4.78 is 10.4. The van der Waals surface area contributed by atoms with Crippen molar-refractivity contribution in [3.63, 3.8) is 0 Å². The van der Waals surface area contributed by atoms with Crippen molar-refractivity contribution in [2.75, 3.05) is 6.54 Å². The van der Waals surface area contributed by atoms with Crippen molar-refractivity contribution < 1.29 is 18.8 Å². The first-order chi connectivity index (χ1) is 11.0. The molecule has 0 unspecified atom stereocenters. The van der Waals surface area contributed by atoms with Gasteiger partial charge in [0.1, 0.15) is 17.1 Å². The van der Waals surface area contributed by atoms with Crippen LogP contribution in [0, 0.1) is 13.8 Å². The molecule has 0 aliphatic heterocycles. The van der Waals surface area contributed by atoms with Crippen molar-refractivity contribution in [1.29, 1.82) is 0 Å². The molecule has 0 radical (unpaired) electrons. The third-order valence-corrected chi connectivity index (χ3v) is 4.38. The molecule has 23 heavy (non-hydrogen) atoms. The summed E-state index contributed by atoms with van der Waals surface area (Å²) in [4.78, 5) is 12.4. The maximum Gasteiger partial charge on any atom is 0.256 e. The maximum absolute atomic E-state index is 12.4. The van der Waals surface area contributed by atoms with Crippen LogP contribution in [0.4, 0.5) is 0 Å². The number of amides is 1. The molecular weight excluding hydrogens is 316 g/mol. The van der Waals surface area contributed by atoms with Gasteiger partial charge < -0.3 is 19.4 Å². The van der Waals surface area contributed by atoms with Crippen molar-refractivity contribution in [1.82, 2.24) is 10.5 Å². The van der Waals surface area contributed by atoms with Gasteiger partial charge in [0.25, 0.3) is 5.91 Å². The second-order valence-corrected chi connectivity index (χ2v) is 6.01. The van der Waals surface area contributed by atoms with Gasteiger partial charge in [-0.05, 0) is 42.8 Å². The molecule has 3 aromatic heterocycles. The molecule has 0 aromatic carbocycles. The minimum atomic E-state index is -1.43. The Morgan fingerprint density at radius 1 is 1.43 bits per heavy atom. The molecule has 3 heterocycles. The quantitative estimate of drug-likeness (QED) is 0.750. The highest BCUT2D eigenvalue weighted by molar-refractivity contribution is 7.08. The second-order valence-electron chi connectivity index (χ2n) is 5.23. The lowest BCUT2D eigenvalue weighted by Crippen LogP contribution is -2.41. The highest BCUT2D eigenvalue weighted by Crippen LogP contribution is 2.31. The SMILES string of the molecule is Cc1noc(C)c1C(=O)NC[C@@](O)(c1ccsc1)c1ccco1. The predicted molar refractivity (Wildman–Crippen MR) is 84.3 cm³/mol. The van der Waals surface area contributed by atoms with E-state index in [1.54, 1.807) is 32.0 Å². The van der Waals surface area contributed by atoms with Crippen LogP contribution in [0.1, 0.15) is 33.1 Å². The number of rotatable bonds is 5. The highest BCUT2D eigenvalue weighted by Gasteiger charge is 2.36. The fourth-order valence-electron chi connectivity index (χ4n) is 2.45. The number of thiophene rings is 1. The van der Waals surface area contributed by atoms with Gasteiger partial charge in [0.15, 0.2) is 5.60 Å². The van der Waals surface area contributed by atoms with E-state index in [1.165, 1.54) is 17.6 Å². The zero-order valence-corrected chi connectivity index (χ0v) is 13.5. The summed E-state index contributed by atoms with van der Waals surface area (Å²) in [6, 6.07) is 5.18. The van der Waals surface area contributed by atoms with E-state index in [0.29, 0.717) is 28.3 Å². The Balaban J connectivity index is 1.85. The second kappa shape index (κ2) is 6.02. The number of carbonyl (C=O) groups is 1. The first-order valence-corrected chi connectivity index (χ1v) is 7.97. The normalized spacial score (nSPS) is 13.7. The summed E-state index contributed by atoms with van der Waals surface area (Å²) in [5, 5.41) is 21.3. The first-order valence-electron chi connectivity index (χ1n) is 7.02. The van der Waals surface area contributed by atoms with E-state index < -0.39 is 5.60 Å². The van der Waals surface area contributed by atoms with Crippen molar-refractivity contribution in [3.8, 4) is 0 Å². The zero-order chi connectivity index (χ0) is 16.4. The molecule has 2 N–H and O–H groups in total. The Kier molecular flexibility index (Phi) is 4.06. The summed E-state index contributed by atoms with van der Waals surface area (Å²) in [5.41, 5.74) is 0.128. The Hall–Kier alpha value is -2.38. The largest absolute Gasteiger partial charge is 0.466 e. The van der Waals surface area contributed by atoms with Gasteiger partial charge in [0, 0.05) is 5.56 Å². The van der Waals surface area contributed by atoms with Crippen LogP contribution in [0.3, 0.4) is 0 Å². The predicted octanol–water partition coefficient (Wildman–Crippen LogP) is 2.61. The molecule has 0 aliphatic rings. The van der Waals surface area contributed by atoms with Crippen LogP contribution < -0.4 is 5.32 Å². The number of hydrogen-bond acceptors (Lipinski definition) is 6. The molecule has 0 saturated heterocycles. The molecule has 3 aromatic rings. The summed E-state index contributed by atoms with van der Waals surface area (Å²) >= 11 is 1.46. The number of aromatic nitrogens is 1. The summed E-state index contributed by atoms with van der Waals surface area (Å²) in [7, 11) is 0. The number of nitrogens with zero attached hydrogens (tertiary/aromatic N) is 1. The van der Waals surface area contributed by atoms with E-state index in [1.807, 2.05) is 10.8 Å². The first kappa shape index (κ1) is 15.5. The van der Waals surface area contributed by atoms with E-state index in [2.05, 4.69) is 10.5 Å². The van der Waals surface area contributed by atoms with Gasteiger partial charge in [-0.2, -0.15) is 11.3 Å². The number of hydrogen-bond donors (Lipinski definition) is 2. The van der Waals surface area contributed by atoms with Crippen LogP contribution >= 0.6 is 11.3 Å². The lowest BCUT2D eigenvalue weighted by Gasteiger charge is -2.25. The molecule has 7 heteroatoms. The number of carbonyl (C=O) groups excluding carboxylic acids is 1. The van der Waals surface area contributed by atoms with Gasteiger partial charge in [0.2, 0.25) is 0 Å². The van der Waals surface area contributed by atoms with Crippen LogP contribution in [-0.4, -0.2) is 22.7 Å². The van der Waals surface area contributed by atoms with E-state index in [4.69, 9.17) is 8.94 Å². The van der Waals surface area contributed by atoms with E-state index >= 15 is 0 Å². The molecule has 1 amide bonds. The van der Waals surface area contributed by atoms with Gasteiger partial charge >= 0.3 is 0 Å². The average Bonchev–Trinajstić information content (AvgIpc) is 3.27. The molecule has 1 atom stereocenters. The summed E-state index contributed by atoms with van der Waals surface area (Å²) in [6.07, 6.45) is 1.49.